The molecule has 0 amide bonds. The molecule has 0 bridgehead atoms. The van der Waals surface area contributed by atoms with Crippen molar-refractivity contribution >= 4 is 38.6 Å². The van der Waals surface area contributed by atoms with E-state index < -0.39 is 10.0 Å². The quantitative estimate of drug-likeness (QED) is 0.566. The van der Waals surface area contributed by atoms with Gasteiger partial charge in [-0.2, -0.15) is 16.1 Å². The topological polar surface area (TPSA) is 91.0 Å². The van der Waals surface area contributed by atoms with E-state index in [0.29, 0.717) is 18.9 Å². The predicted molar refractivity (Wildman–Crippen MR) is 118 cm³/mol. The van der Waals surface area contributed by atoms with Crippen molar-refractivity contribution < 1.29 is 8.42 Å². The Balaban J connectivity index is 1.54. The number of aromatic amines is 1. The van der Waals surface area contributed by atoms with Gasteiger partial charge in [-0.3, -0.25) is 0 Å². The smallest absolute Gasteiger partial charge is 0.244 e. The van der Waals surface area contributed by atoms with Crippen molar-refractivity contribution in [1.29, 1.82) is 0 Å². The number of pyridine rings is 1. The third kappa shape index (κ3) is 4.41. The highest BCUT2D eigenvalue weighted by Gasteiger charge is 2.27. The minimum absolute atomic E-state index is 0.0385. The second kappa shape index (κ2) is 8.73. The van der Waals surface area contributed by atoms with Gasteiger partial charge >= 0.3 is 0 Å². The summed E-state index contributed by atoms with van der Waals surface area (Å²) in [5, 5.41) is 3.41. The van der Waals surface area contributed by atoms with Gasteiger partial charge in [-0.05, 0) is 55.5 Å². The van der Waals surface area contributed by atoms with Crippen LogP contribution in [0.3, 0.4) is 0 Å². The highest BCUT2D eigenvalue weighted by molar-refractivity contribution is 7.98. The first-order valence-corrected chi connectivity index (χ1v) is 12.6. The van der Waals surface area contributed by atoms with E-state index in [2.05, 4.69) is 21.5 Å². The summed E-state index contributed by atoms with van der Waals surface area (Å²) in [4.78, 5) is 12.7. The number of sulfonamides is 1. The van der Waals surface area contributed by atoms with Gasteiger partial charge in [0.2, 0.25) is 10.0 Å². The molecule has 1 aliphatic heterocycles. The van der Waals surface area contributed by atoms with Crippen molar-refractivity contribution in [3.8, 4) is 0 Å². The monoisotopic (exact) mass is 431 g/mol. The number of thioether (sulfide) groups is 1. The molecule has 2 N–H and O–H groups in total. The second-order valence-corrected chi connectivity index (χ2v) is 10.0. The molecule has 4 rings (SSSR count). The molecule has 1 atom stereocenters. The molecular weight excluding hydrogens is 406 g/mol. The summed E-state index contributed by atoms with van der Waals surface area (Å²) in [6.07, 6.45) is 6.23. The van der Waals surface area contributed by atoms with Gasteiger partial charge < -0.3 is 10.3 Å². The molecule has 0 spiro atoms. The maximum absolute atomic E-state index is 12.7. The highest BCUT2D eigenvalue weighted by Crippen LogP contribution is 2.25. The summed E-state index contributed by atoms with van der Waals surface area (Å²) in [5.74, 6) is 2.46. The first kappa shape index (κ1) is 20.2. The van der Waals surface area contributed by atoms with E-state index in [-0.39, 0.29) is 10.9 Å². The van der Waals surface area contributed by atoms with Crippen molar-refractivity contribution in [2.75, 3.05) is 30.4 Å². The lowest BCUT2D eigenvalue weighted by Crippen LogP contribution is -2.28. The number of para-hydroxylation sites is 2. The molecule has 1 aromatic carbocycles. The number of fused-ring (bicyclic) bond motifs is 1. The van der Waals surface area contributed by atoms with Crippen molar-refractivity contribution in [2.45, 2.75) is 30.2 Å². The van der Waals surface area contributed by atoms with Crippen molar-refractivity contribution in [3.63, 3.8) is 0 Å². The maximum atomic E-state index is 12.7. The molecule has 0 saturated carbocycles. The average molecular weight is 432 g/mol. The Morgan fingerprint density at radius 1 is 1.21 bits per heavy atom. The highest BCUT2D eigenvalue weighted by atomic mass is 32.2. The largest absolute Gasteiger partial charge is 0.360 e. The average Bonchev–Trinajstić information content (AvgIpc) is 3.41. The van der Waals surface area contributed by atoms with E-state index in [4.69, 9.17) is 4.98 Å². The molecule has 154 valence electrons. The number of nitrogens with zero attached hydrogens (tertiary/aromatic N) is 3. The zero-order valence-electron chi connectivity index (χ0n) is 16.3. The molecule has 2 aromatic heterocycles. The van der Waals surface area contributed by atoms with Gasteiger partial charge in [-0.25, -0.2) is 18.4 Å². The Kier molecular flexibility index (Phi) is 6.07. The van der Waals surface area contributed by atoms with Crippen LogP contribution in [-0.4, -0.2) is 52.8 Å². The van der Waals surface area contributed by atoms with Crippen LogP contribution in [0.5, 0.6) is 0 Å². The molecule has 3 heterocycles. The lowest BCUT2D eigenvalue weighted by Gasteiger charge is -2.18. The van der Waals surface area contributed by atoms with Gasteiger partial charge in [0.25, 0.3) is 0 Å². The van der Waals surface area contributed by atoms with Crippen LogP contribution in [0.25, 0.3) is 11.0 Å². The standard InChI is InChI=1S/C20H25N5O2S2/c1-28-13-10-18(20-23-16-6-2-3-7-17(16)24-20)22-19-9-8-15(14-21-19)29(26,27)25-11-4-5-12-25/h2-3,6-9,14,18H,4-5,10-13H2,1H3,(H,21,22)(H,23,24)/t18-/m1/s1. The molecular formula is C20H25N5O2S2. The van der Waals surface area contributed by atoms with E-state index in [1.165, 1.54) is 10.5 Å². The number of imidazole rings is 1. The van der Waals surface area contributed by atoms with Crippen LogP contribution in [0.2, 0.25) is 0 Å². The summed E-state index contributed by atoms with van der Waals surface area (Å²) < 4.78 is 26.9. The lowest BCUT2D eigenvalue weighted by molar-refractivity contribution is 0.477. The number of benzene rings is 1. The van der Waals surface area contributed by atoms with Gasteiger partial charge in [-0.15, -0.1) is 0 Å². The molecule has 9 heteroatoms. The molecule has 3 aromatic rings. The molecule has 1 fully saturated rings. The Hall–Kier alpha value is -2.10. The molecule has 7 nitrogen and oxygen atoms in total. The Bertz CT molecular complexity index is 1030. The summed E-state index contributed by atoms with van der Waals surface area (Å²) in [7, 11) is -3.45. The number of hydrogen-bond donors (Lipinski definition) is 2. The van der Waals surface area contributed by atoms with E-state index in [0.717, 1.165) is 41.9 Å². The molecule has 0 aliphatic carbocycles. The summed E-state index contributed by atoms with van der Waals surface area (Å²) in [6, 6.07) is 11.3. The van der Waals surface area contributed by atoms with Gasteiger partial charge in [0.1, 0.15) is 16.5 Å². The first-order valence-electron chi connectivity index (χ1n) is 9.74. The van der Waals surface area contributed by atoms with Crippen LogP contribution in [0.15, 0.2) is 47.5 Å². The molecule has 0 unspecified atom stereocenters. The minimum atomic E-state index is -3.45. The molecule has 1 saturated heterocycles. The van der Waals surface area contributed by atoms with Gasteiger partial charge in [-0.1, -0.05) is 12.1 Å². The summed E-state index contributed by atoms with van der Waals surface area (Å²) >= 11 is 1.78. The number of hydrogen-bond acceptors (Lipinski definition) is 6. The fourth-order valence-electron chi connectivity index (χ4n) is 3.52. The Labute approximate surface area is 175 Å². The first-order chi connectivity index (χ1) is 14.1. The van der Waals surface area contributed by atoms with Gasteiger partial charge in [0.15, 0.2) is 0 Å². The van der Waals surface area contributed by atoms with Crippen molar-refractivity contribution in [1.82, 2.24) is 19.3 Å². The van der Waals surface area contributed by atoms with Gasteiger partial charge in [0, 0.05) is 19.3 Å². The van der Waals surface area contributed by atoms with Crippen LogP contribution in [0, 0.1) is 0 Å². The van der Waals surface area contributed by atoms with Crippen molar-refractivity contribution in [2.24, 2.45) is 0 Å². The van der Waals surface area contributed by atoms with Crippen LogP contribution in [-0.2, 0) is 10.0 Å². The van der Waals surface area contributed by atoms with Crippen molar-refractivity contribution in [3.05, 3.63) is 48.4 Å². The van der Waals surface area contributed by atoms with Crippen LogP contribution < -0.4 is 5.32 Å². The fourth-order valence-corrected chi connectivity index (χ4v) is 5.46. The molecule has 1 aliphatic rings. The SMILES string of the molecule is CSCC[C@@H](Nc1ccc(S(=O)(=O)N2CCCC2)cn1)c1nc2ccccc2[nH]1. The number of anilines is 1. The minimum Gasteiger partial charge on any atom is -0.360 e. The lowest BCUT2D eigenvalue weighted by atomic mass is 10.2. The van der Waals surface area contributed by atoms with E-state index in [9.17, 15) is 8.42 Å². The Morgan fingerprint density at radius 3 is 2.69 bits per heavy atom. The van der Waals surface area contributed by atoms with Gasteiger partial charge in [0.05, 0.1) is 17.1 Å². The summed E-state index contributed by atoms with van der Waals surface area (Å²) in [6.45, 7) is 1.18. The third-order valence-electron chi connectivity index (χ3n) is 5.11. The zero-order valence-corrected chi connectivity index (χ0v) is 18.0. The van der Waals surface area contributed by atoms with E-state index in [1.807, 2.05) is 24.3 Å². The van der Waals surface area contributed by atoms with Crippen LogP contribution >= 0.6 is 11.8 Å². The van der Waals surface area contributed by atoms with Crippen LogP contribution in [0.4, 0.5) is 5.82 Å². The summed E-state index contributed by atoms with van der Waals surface area (Å²) in [5.41, 5.74) is 1.93. The maximum Gasteiger partial charge on any atom is 0.244 e. The second-order valence-electron chi connectivity index (χ2n) is 7.11. The number of aromatic nitrogens is 3. The number of H-pyrrole nitrogens is 1. The predicted octanol–water partition coefficient (Wildman–Crippen LogP) is 3.65. The normalized spacial score (nSPS) is 16.3. The fraction of sp³-hybridized carbons (Fsp3) is 0.400. The number of nitrogens with one attached hydrogen (secondary N) is 2. The zero-order chi connectivity index (χ0) is 20.3. The van der Waals surface area contributed by atoms with E-state index >= 15 is 0 Å². The van der Waals surface area contributed by atoms with Crippen LogP contribution in [0.1, 0.15) is 31.1 Å². The number of rotatable bonds is 8. The molecule has 29 heavy (non-hydrogen) atoms. The third-order valence-corrected chi connectivity index (χ3v) is 7.64. The molecule has 0 radical (unpaired) electrons. The van der Waals surface area contributed by atoms with E-state index in [1.54, 1.807) is 23.9 Å². The Morgan fingerprint density at radius 2 is 2.00 bits per heavy atom.